The van der Waals surface area contributed by atoms with Gasteiger partial charge in [-0.05, 0) is 24.6 Å². The van der Waals surface area contributed by atoms with Crippen molar-refractivity contribution in [2.45, 2.75) is 19.4 Å². The Kier molecular flexibility index (Phi) is 3.32. The van der Waals surface area contributed by atoms with E-state index in [0.717, 1.165) is 5.39 Å². The molecule has 0 aliphatic rings. The van der Waals surface area contributed by atoms with Crippen LogP contribution < -0.4 is 15.5 Å². The maximum atomic E-state index is 11.1. The lowest BCUT2D eigenvalue weighted by atomic mass is 10.2. The Morgan fingerprint density at radius 1 is 1.39 bits per heavy atom. The van der Waals surface area contributed by atoms with Crippen molar-refractivity contribution in [3.63, 3.8) is 0 Å². The molecule has 0 aliphatic heterocycles. The second kappa shape index (κ2) is 4.91. The number of aliphatic carboxylic acids is 1. The molecule has 0 N–H and O–H groups in total. The SMILES string of the molecule is CC[C@H](Oc1ccc2ccc(=O)oc2c1)C(=O)[O-]. The highest BCUT2D eigenvalue weighted by molar-refractivity contribution is 5.78. The molecule has 1 aromatic heterocycles. The lowest BCUT2D eigenvalue weighted by Crippen LogP contribution is -2.39. The summed E-state index contributed by atoms with van der Waals surface area (Å²) in [4.78, 5) is 21.8. The zero-order chi connectivity index (χ0) is 13.1. The number of carboxylic acids is 1. The van der Waals surface area contributed by atoms with Gasteiger partial charge < -0.3 is 19.1 Å². The molecule has 0 bridgehead atoms. The smallest absolute Gasteiger partial charge is 0.336 e. The number of carboxylic acid groups (broad SMARTS) is 1. The summed E-state index contributed by atoms with van der Waals surface area (Å²) in [5.41, 5.74) is -0.111. The van der Waals surface area contributed by atoms with Crippen LogP contribution in [-0.2, 0) is 4.79 Å². The molecular weight excluding hydrogens is 236 g/mol. The van der Waals surface area contributed by atoms with Crippen molar-refractivity contribution in [3.05, 3.63) is 40.8 Å². The Balaban J connectivity index is 2.34. The molecule has 2 aromatic rings. The molecule has 1 atom stereocenters. The van der Waals surface area contributed by atoms with Gasteiger partial charge in [0.15, 0.2) is 0 Å². The van der Waals surface area contributed by atoms with Gasteiger partial charge in [0.2, 0.25) is 0 Å². The largest absolute Gasteiger partial charge is 0.546 e. The fraction of sp³-hybridized carbons (Fsp3) is 0.231. The van der Waals surface area contributed by atoms with Crippen LogP contribution in [-0.4, -0.2) is 12.1 Å². The van der Waals surface area contributed by atoms with E-state index < -0.39 is 17.7 Å². The van der Waals surface area contributed by atoms with E-state index in [-0.39, 0.29) is 0 Å². The molecule has 0 saturated carbocycles. The van der Waals surface area contributed by atoms with Crippen molar-refractivity contribution >= 4 is 16.9 Å². The normalized spacial score (nSPS) is 12.3. The molecule has 0 aliphatic carbocycles. The summed E-state index contributed by atoms with van der Waals surface area (Å²) in [6, 6.07) is 7.74. The summed E-state index contributed by atoms with van der Waals surface area (Å²) < 4.78 is 10.2. The van der Waals surface area contributed by atoms with Gasteiger partial charge in [0.1, 0.15) is 17.4 Å². The van der Waals surface area contributed by atoms with Crippen LogP contribution in [0.15, 0.2) is 39.5 Å². The molecule has 1 heterocycles. The van der Waals surface area contributed by atoms with E-state index in [1.807, 2.05) is 0 Å². The number of benzene rings is 1. The predicted molar refractivity (Wildman–Crippen MR) is 62.2 cm³/mol. The van der Waals surface area contributed by atoms with Gasteiger partial charge in [-0.2, -0.15) is 0 Å². The van der Waals surface area contributed by atoms with E-state index in [2.05, 4.69) is 0 Å². The average molecular weight is 247 g/mol. The molecule has 0 radical (unpaired) electrons. The summed E-state index contributed by atoms with van der Waals surface area (Å²) in [7, 11) is 0. The van der Waals surface area contributed by atoms with Crippen LogP contribution in [0.1, 0.15) is 13.3 Å². The monoisotopic (exact) mass is 247 g/mol. The second-order valence-electron chi connectivity index (χ2n) is 3.79. The van der Waals surface area contributed by atoms with Crippen molar-refractivity contribution in [3.8, 4) is 5.75 Å². The Morgan fingerprint density at radius 2 is 2.11 bits per heavy atom. The van der Waals surface area contributed by atoms with Gasteiger partial charge in [-0.15, -0.1) is 0 Å². The minimum absolute atomic E-state index is 0.291. The first-order valence-electron chi connectivity index (χ1n) is 5.51. The van der Waals surface area contributed by atoms with E-state index >= 15 is 0 Å². The zero-order valence-corrected chi connectivity index (χ0v) is 9.71. The fourth-order valence-electron chi connectivity index (χ4n) is 1.58. The zero-order valence-electron chi connectivity index (χ0n) is 9.71. The van der Waals surface area contributed by atoms with Crippen molar-refractivity contribution < 1.29 is 19.1 Å². The molecule has 0 saturated heterocycles. The quantitative estimate of drug-likeness (QED) is 0.743. The molecule has 5 heteroatoms. The van der Waals surface area contributed by atoms with Gasteiger partial charge >= 0.3 is 5.63 Å². The standard InChI is InChI=1S/C13H12O5/c1-2-10(13(15)16)17-9-5-3-8-4-6-12(14)18-11(8)7-9/h3-7,10H,2H2,1H3,(H,15,16)/p-1/t10-/m0/s1. The van der Waals surface area contributed by atoms with Crippen molar-refractivity contribution in [2.75, 3.05) is 0 Å². The van der Waals surface area contributed by atoms with Crippen LogP contribution in [0, 0.1) is 0 Å². The van der Waals surface area contributed by atoms with Crippen LogP contribution >= 0.6 is 0 Å². The number of hydrogen-bond acceptors (Lipinski definition) is 5. The number of hydrogen-bond donors (Lipinski definition) is 0. The lowest BCUT2D eigenvalue weighted by molar-refractivity contribution is -0.313. The number of carbonyl (C=O) groups excluding carboxylic acids is 1. The van der Waals surface area contributed by atoms with Crippen molar-refractivity contribution in [1.82, 2.24) is 0 Å². The molecule has 2 rings (SSSR count). The van der Waals surface area contributed by atoms with Gasteiger partial charge in [-0.25, -0.2) is 4.79 Å². The third-order valence-corrected chi connectivity index (χ3v) is 2.51. The van der Waals surface area contributed by atoms with Crippen LogP contribution in [0.3, 0.4) is 0 Å². The molecule has 0 unspecified atom stereocenters. The minimum atomic E-state index is -1.27. The van der Waals surface area contributed by atoms with E-state index in [9.17, 15) is 14.7 Å². The molecule has 1 aromatic carbocycles. The highest BCUT2D eigenvalue weighted by atomic mass is 16.5. The van der Waals surface area contributed by atoms with Gasteiger partial charge in [-0.1, -0.05) is 6.92 Å². The lowest BCUT2D eigenvalue weighted by Gasteiger charge is -2.18. The molecule has 5 nitrogen and oxygen atoms in total. The Labute approximate surface area is 103 Å². The average Bonchev–Trinajstić information content (AvgIpc) is 2.35. The summed E-state index contributed by atoms with van der Waals surface area (Å²) >= 11 is 0. The fourth-order valence-corrected chi connectivity index (χ4v) is 1.58. The Bertz CT molecular complexity index is 629. The third-order valence-electron chi connectivity index (χ3n) is 2.51. The van der Waals surface area contributed by atoms with Crippen LogP contribution in [0.5, 0.6) is 5.75 Å². The van der Waals surface area contributed by atoms with E-state index in [1.54, 1.807) is 25.1 Å². The maximum Gasteiger partial charge on any atom is 0.336 e. The van der Waals surface area contributed by atoms with E-state index in [4.69, 9.17) is 9.15 Å². The molecule has 18 heavy (non-hydrogen) atoms. The number of ether oxygens (including phenoxy) is 1. The first-order valence-corrected chi connectivity index (χ1v) is 5.51. The molecule has 0 fully saturated rings. The first-order chi connectivity index (χ1) is 8.60. The van der Waals surface area contributed by atoms with Crippen molar-refractivity contribution in [1.29, 1.82) is 0 Å². The second-order valence-corrected chi connectivity index (χ2v) is 3.79. The third kappa shape index (κ3) is 2.51. The topological polar surface area (TPSA) is 79.6 Å². The summed E-state index contributed by atoms with van der Waals surface area (Å²) in [5, 5.41) is 11.5. The molecular formula is C13H11O5-. The van der Waals surface area contributed by atoms with Gasteiger partial charge in [0.05, 0.1) is 5.97 Å². The highest BCUT2D eigenvalue weighted by Gasteiger charge is 2.09. The molecule has 0 amide bonds. The van der Waals surface area contributed by atoms with E-state index in [1.165, 1.54) is 12.1 Å². The summed E-state index contributed by atoms with van der Waals surface area (Å²) in [6.45, 7) is 1.68. The van der Waals surface area contributed by atoms with Gasteiger partial charge in [0, 0.05) is 17.5 Å². The van der Waals surface area contributed by atoms with E-state index in [0.29, 0.717) is 17.8 Å². The van der Waals surface area contributed by atoms with Crippen LogP contribution in [0.25, 0.3) is 11.0 Å². The maximum absolute atomic E-state index is 11.1. The number of rotatable bonds is 4. The Hall–Kier alpha value is -2.30. The van der Waals surface area contributed by atoms with Crippen LogP contribution in [0.2, 0.25) is 0 Å². The first kappa shape index (κ1) is 12.2. The summed E-state index contributed by atoms with van der Waals surface area (Å²) in [6.07, 6.45) is -0.725. The molecule has 0 spiro atoms. The minimum Gasteiger partial charge on any atom is -0.546 e. The van der Waals surface area contributed by atoms with Crippen molar-refractivity contribution in [2.24, 2.45) is 0 Å². The number of carbonyl (C=O) groups is 1. The predicted octanol–water partition coefficient (Wildman–Crippen LogP) is 0.700. The van der Waals surface area contributed by atoms with Gasteiger partial charge in [-0.3, -0.25) is 0 Å². The number of fused-ring (bicyclic) bond motifs is 1. The summed E-state index contributed by atoms with van der Waals surface area (Å²) in [5.74, 6) is -0.944. The molecule has 94 valence electrons. The van der Waals surface area contributed by atoms with Gasteiger partial charge in [0.25, 0.3) is 0 Å². The van der Waals surface area contributed by atoms with Crippen LogP contribution in [0.4, 0.5) is 0 Å². The highest BCUT2D eigenvalue weighted by Crippen LogP contribution is 2.20. The Morgan fingerprint density at radius 3 is 2.78 bits per heavy atom.